The Morgan fingerprint density at radius 3 is 3.07 bits per heavy atom. The fraction of sp³-hybridized carbons (Fsp3) is 0.182. The number of rotatable bonds is 3. The molecule has 2 rings (SSSR count). The van der Waals surface area contributed by atoms with Crippen LogP contribution in [-0.4, -0.2) is 11.3 Å². The average Bonchev–Trinajstić information content (AvgIpc) is 2.57. The number of nitrogens with one attached hydrogen (secondary N) is 1. The van der Waals surface area contributed by atoms with E-state index in [1.165, 1.54) is 10.9 Å². The summed E-state index contributed by atoms with van der Waals surface area (Å²) < 4.78 is 1.07. The van der Waals surface area contributed by atoms with Crippen LogP contribution in [0, 0.1) is 0 Å². The maximum Gasteiger partial charge on any atom is 0.120 e. The van der Waals surface area contributed by atoms with E-state index in [0.717, 1.165) is 22.7 Å². The summed E-state index contributed by atoms with van der Waals surface area (Å²) in [4.78, 5) is 13.4. The molecule has 2 nitrogen and oxygen atoms in total. The molecule has 1 N–H and O–H groups in total. The fourth-order valence-electron chi connectivity index (χ4n) is 1.51. The Morgan fingerprint density at radius 1 is 1.43 bits per heavy atom. The normalized spacial score (nSPS) is 10.6. The molecule has 1 aromatic heterocycles. The second kappa shape index (κ2) is 3.96. The van der Waals surface area contributed by atoms with E-state index in [2.05, 4.69) is 33.0 Å². The van der Waals surface area contributed by atoms with E-state index in [1.807, 2.05) is 12.3 Å². The standard InChI is InChI=1S/C11H10BrNO/c12-10-7-13-11-4-3-8(2-1-5-14)6-9(10)11/h3-7,13H,1-2H2. The van der Waals surface area contributed by atoms with Crippen molar-refractivity contribution in [2.45, 2.75) is 12.8 Å². The van der Waals surface area contributed by atoms with Gasteiger partial charge in [-0.3, -0.25) is 0 Å². The van der Waals surface area contributed by atoms with Crippen molar-refractivity contribution in [3.8, 4) is 0 Å². The number of hydrogen-bond acceptors (Lipinski definition) is 1. The van der Waals surface area contributed by atoms with Crippen LogP contribution in [0.15, 0.2) is 28.9 Å². The second-order valence-electron chi connectivity index (χ2n) is 3.22. The number of aromatic amines is 1. The van der Waals surface area contributed by atoms with Crippen LogP contribution in [0.5, 0.6) is 0 Å². The van der Waals surface area contributed by atoms with Gasteiger partial charge in [0.2, 0.25) is 0 Å². The van der Waals surface area contributed by atoms with Crippen molar-refractivity contribution in [1.29, 1.82) is 0 Å². The van der Waals surface area contributed by atoms with Crippen molar-refractivity contribution in [3.05, 3.63) is 34.4 Å². The van der Waals surface area contributed by atoms with Gasteiger partial charge in [0.1, 0.15) is 6.29 Å². The molecular formula is C11H10BrNO. The minimum absolute atomic E-state index is 0.591. The van der Waals surface area contributed by atoms with Crippen molar-refractivity contribution < 1.29 is 4.79 Å². The highest BCUT2D eigenvalue weighted by atomic mass is 79.9. The van der Waals surface area contributed by atoms with Gasteiger partial charge in [0.25, 0.3) is 0 Å². The summed E-state index contributed by atoms with van der Waals surface area (Å²) >= 11 is 3.47. The van der Waals surface area contributed by atoms with Gasteiger partial charge in [0, 0.05) is 28.0 Å². The summed E-state index contributed by atoms with van der Waals surface area (Å²) in [5, 5.41) is 1.17. The molecule has 0 amide bonds. The van der Waals surface area contributed by atoms with Crippen LogP contribution < -0.4 is 0 Å². The van der Waals surface area contributed by atoms with Crippen LogP contribution >= 0.6 is 15.9 Å². The van der Waals surface area contributed by atoms with E-state index in [0.29, 0.717) is 6.42 Å². The first-order chi connectivity index (χ1) is 6.81. The van der Waals surface area contributed by atoms with Crippen LogP contribution in [0.1, 0.15) is 12.0 Å². The van der Waals surface area contributed by atoms with Gasteiger partial charge in [-0.1, -0.05) is 6.07 Å². The summed E-state index contributed by atoms with van der Waals surface area (Å²) in [6, 6.07) is 6.20. The fourth-order valence-corrected chi connectivity index (χ4v) is 1.96. The number of H-pyrrole nitrogens is 1. The number of fused-ring (bicyclic) bond motifs is 1. The Balaban J connectivity index is 2.39. The molecule has 1 heterocycles. The Bertz CT molecular complexity index is 461. The lowest BCUT2D eigenvalue weighted by atomic mass is 10.1. The molecule has 14 heavy (non-hydrogen) atoms. The summed E-state index contributed by atoms with van der Waals surface area (Å²) in [6.45, 7) is 0. The molecule has 3 heteroatoms. The molecule has 0 spiro atoms. The lowest BCUT2D eigenvalue weighted by Crippen LogP contribution is -1.85. The summed E-state index contributed by atoms with van der Waals surface area (Å²) in [5.41, 5.74) is 2.32. The third-order valence-electron chi connectivity index (χ3n) is 2.25. The third kappa shape index (κ3) is 1.73. The number of halogens is 1. The van der Waals surface area contributed by atoms with Crippen LogP contribution in [0.25, 0.3) is 10.9 Å². The number of benzene rings is 1. The monoisotopic (exact) mass is 251 g/mol. The van der Waals surface area contributed by atoms with E-state index in [4.69, 9.17) is 0 Å². The minimum atomic E-state index is 0.591. The molecular weight excluding hydrogens is 242 g/mol. The van der Waals surface area contributed by atoms with Crippen LogP contribution in [0.2, 0.25) is 0 Å². The molecule has 0 unspecified atom stereocenters. The van der Waals surface area contributed by atoms with Crippen LogP contribution in [0.4, 0.5) is 0 Å². The van der Waals surface area contributed by atoms with Crippen molar-refractivity contribution in [2.75, 3.05) is 0 Å². The predicted molar refractivity (Wildman–Crippen MR) is 60.4 cm³/mol. The Morgan fingerprint density at radius 2 is 2.29 bits per heavy atom. The Labute approximate surface area is 90.4 Å². The molecule has 0 atom stereocenters. The molecule has 0 fully saturated rings. The van der Waals surface area contributed by atoms with E-state index in [-0.39, 0.29) is 0 Å². The maximum atomic E-state index is 10.2. The lowest BCUT2D eigenvalue weighted by Gasteiger charge is -1.98. The number of hydrogen-bond donors (Lipinski definition) is 1. The van der Waals surface area contributed by atoms with Gasteiger partial charge in [-0.2, -0.15) is 0 Å². The minimum Gasteiger partial charge on any atom is -0.360 e. The number of aromatic nitrogens is 1. The predicted octanol–water partition coefficient (Wildman–Crippen LogP) is 3.06. The Kier molecular flexibility index (Phi) is 2.68. The largest absolute Gasteiger partial charge is 0.360 e. The zero-order valence-electron chi connectivity index (χ0n) is 7.59. The van der Waals surface area contributed by atoms with E-state index in [1.54, 1.807) is 0 Å². The molecule has 2 aromatic rings. The first-order valence-corrected chi connectivity index (χ1v) is 5.29. The molecule has 1 aromatic carbocycles. The van der Waals surface area contributed by atoms with E-state index < -0.39 is 0 Å². The zero-order valence-corrected chi connectivity index (χ0v) is 9.17. The molecule has 0 aliphatic carbocycles. The van der Waals surface area contributed by atoms with E-state index in [9.17, 15) is 4.79 Å². The summed E-state index contributed by atoms with van der Waals surface area (Å²) in [6.07, 6.45) is 4.29. The average molecular weight is 252 g/mol. The quantitative estimate of drug-likeness (QED) is 0.836. The van der Waals surface area contributed by atoms with Crippen LogP contribution in [0.3, 0.4) is 0 Å². The van der Waals surface area contributed by atoms with Gasteiger partial charge >= 0.3 is 0 Å². The number of aryl methyl sites for hydroxylation is 1. The molecule has 0 saturated heterocycles. The van der Waals surface area contributed by atoms with Gasteiger partial charge in [0.15, 0.2) is 0 Å². The van der Waals surface area contributed by atoms with Crippen molar-refractivity contribution >= 4 is 33.1 Å². The third-order valence-corrected chi connectivity index (χ3v) is 2.90. The SMILES string of the molecule is O=CCCc1ccc2[nH]cc(Br)c2c1. The second-order valence-corrected chi connectivity index (χ2v) is 4.08. The Hall–Kier alpha value is -1.09. The van der Waals surface area contributed by atoms with Crippen molar-refractivity contribution in [1.82, 2.24) is 4.98 Å². The first kappa shape index (κ1) is 9.46. The smallest absolute Gasteiger partial charge is 0.120 e. The molecule has 0 aliphatic heterocycles. The highest BCUT2D eigenvalue weighted by Gasteiger charge is 2.01. The lowest BCUT2D eigenvalue weighted by molar-refractivity contribution is -0.107. The highest BCUT2D eigenvalue weighted by Crippen LogP contribution is 2.24. The molecule has 0 aliphatic rings. The van der Waals surface area contributed by atoms with E-state index >= 15 is 0 Å². The number of carbonyl (C=O) groups excluding carboxylic acids is 1. The number of aldehydes is 1. The van der Waals surface area contributed by atoms with Crippen molar-refractivity contribution in [3.63, 3.8) is 0 Å². The topological polar surface area (TPSA) is 32.9 Å². The van der Waals surface area contributed by atoms with Gasteiger partial charge in [0.05, 0.1) is 0 Å². The van der Waals surface area contributed by atoms with Crippen LogP contribution in [-0.2, 0) is 11.2 Å². The summed E-state index contributed by atoms with van der Waals surface area (Å²) in [5.74, 6) is 0. The summed E-state index contributed by atoms with van der Waals surface area (Å²) in [7, 11) is 0. The molecule has 0 radical (unpaired) electrons. The maximum absolute atomic E-state index is 10.2. The zero-order chi connectivity index (χ0) is 9.97. The van der Waals surface area contributed by atoms with Gasteiger partial charge in [-0.25, -0.2) is 0 Å². The molecule has 72 valence electrons. The molecule has 0 bridgehead atoms. The van der Waals surface area contributed by atoms with Gasteiger partial charge in [-0.05, 0) is 40.0 Å². The van der Waals surface area contributed by atoms with Gasteiger partial charge < -0.3 is 9.78 Å². The number of carbonyl (C=O) groups is 1. The highest BCUT2D eigenvalue weighted by molar-refractivity contribution is 9.10. The van der Waals surface area contributed by atoms with Crippen molar-refractivity contribution in [2.24, 2.45) is 0 Å². The molecule has 0 saturated carbocycles. The first-order valence-electron chi connectivity index (χ1n) is 4.50. The van der Waals surface area contributed by atoms with Gasteiger partial charge in [-0.15, -0.1) is 0 Å².